The van der Waals surface area contributed by atoms with E-state index in [4.69, 9.17) is 0 Å². The number of nitrogens with zero attached hydrogens (tertiary/aromatic N) is 2. The number of carbonyl (C=O) groups is 1. The SMILES string of the molecule is O=C1C=c2ccc3cccnc3c2=NC1O. The Balaban J connectivity index is 2.53. The van der Waals surface area contributed by atoms with E-state index in [1.54, 1.807) is 6.20 Å². The zero-order valence-corrected chi connectivity index (χ0v) is 8.29. The number of ketones is 1. The summed E-state index contributed by atoms with van der Waals surface area (Å²) in [6.45, 7) is 0. The number of Topliss-reactive ketones (excluding diaryl/α,β-unsaturated/α-hetero) is 1. The summed E-state index contributed by atoms with van der Waals surface area (Å²) in [6, 6.07) is 7.45. The average molecular weight is 212 g/mol. The van der Waals surface area contributed by atoms with Crippen LogP contribution in [0.2, 0.25) is 0 Å². The molecule has 2 aromatic rings. The number of fused-ring (bicyclic) bond motifs is 3. The summed E-state index contributed by atoms with van der Waals surface area (Å²) in [5.74, 6) is -0.386. The lowest BCUT2D eigenvalue weighted by Gasteiger charge is -2.06. The van der Waals surface area contributed by atoms with E-state index >= 15 is 0 Å². The highest BCUT2D eigenvalue weighted by atomic mass is 16.3. The number of pyridine rings is 1. The molecule has 1 aromatic carbocycles. The lowest BCUT2D eigenvalue weighted by Crippen LogP contribution is -2.36. The molecule has 0 aliphatic carbocycles. The Hall–Kier alpha value is -2.07. The van der Waals surface area contributed by atoms with Crippen LogP contribution < -0.4 is 10.6 Å². The first kappa shape index (κ1) is 9.18. The zero-order valence-electron chi connectivity index (χ0n) is 8.29. The summed E-state index contributed by atoms with van der Waals surface area (Å²) in [5.41, 5.74) is 0.711. The molecule has 0 bridgehead atoms. The van der Waals surface area contributed by atoms with E-state index in [0.29, 0.717) is 16.1 Å². The van der Waals surface area contributed by atoms with Gasteiger partial charge in [0.2, 0.25) is 12.0 Å². The second-order valence-electron chi connectivity index (χ2n) is 3.63. The van der Waals surface area contributed by atoms with Crippen LogP contribution in [0.4, 0.5) is 0 Å². The topological polar surface area (TPSA) is 62.5 Å². The molecule has 0 spiro atoms. The number of aliphatic hydroxyl groups excluding tert-OH is 1. The van der Waals surface area contributed by atoms with Gasteiger partial charge in [0.05, 0.1) is 10.9 Å². The van der Waals surface area contributed by atoms with E-state index in [9.17, 15) is 9.90 Å². The van der Waals surface area contributed by atoms with Gasteiger partial charge in [0.1, 0.15) is 0 Å². The molecule has 2 heterocycles. The van der Waals surface area contributed by atoms with Gasteiger partial charge in [-0.15, -0.1) is 0 Å². The molecule has 1 aliphatic rings. The summed E-state index contributed by atoms with van der Waals surface area (Å²) in [6.07, 6.45) is 1.78. The molecule has 1 aromatic heterocycles. The van der Waals surface area contributed by atoms with Crippen LogP contribution in [-0.4, -0.2) is 22.1 Å². The minimum absolute atomic E-state index is 0.386. The molecule has 3 rings (SSSR count). The van der Waals surface area contributed by atoms with Crippen molar-refractivity contribution in [2.45, 2.75) is 6.23 Å². The Labute approximate surface area is 90.6 Å². The van der Waals surface area contributed by atoms with Gasteiger partial charge in [0.15, 0.2) is 0 Å². The first-order valence-electron chi connectivity index (χ1n) is 4.91. The average Bonchev–Trinajstić information content (AvgIpc) is 2.31. The molecule has 4 heteroatoms. The maximum absolute atomic E-state index is 11.3. The van der Waals surface area contributed by atoms with Crippen LogP contribution in [0.25, 0.3) is 17.0 Å². The third kappa shape index (κ3) is 1.24. The highest BCUT2D eigenvalue weighted by Crippen LogP contribution is 2.04. The number of hydrogen-bond donors (Lipinski definition) is 1. The maximum atomic E-state index is 11.3. The van der Waals surface area contributed by atoms with Gasteiger partial charge in [-0.25, -0.2) is 4.99 Å². The van der Waals surface area contributed by atoms with Gasteiger partial charge in [-0.3, -0.25) is 9.78 Å². The van der Waals surface area contributed by atoms with Gasteiger partial charge >= 0.3 is 0 Å². The van der Waals surface area contributed by atoms with Gasteiger partial charge in [0.25, 0.3) is 0 Å². The standard InChI is InChI=1S/C12H8N2O2/c15-9-6-8-4-3-7-2-1-5-13-10(7)11(8)14-12(9)16/h1-6,12,16H. The Morgan fingerprint density at radius 2 is 2.12 bits per heavy atom. The molecule has 4 nitrogen and oxygen atoms in total. The molecule has 1 aliphatic heterocycles. The van der Waals surface area contributed by atoms with Gasteiger partial charge in [-0.1, -0.05) is 18.2 Å². The van der Waals surface area contributed by atoms with E-state index in [0.717, 1.165) is 5.39 Å². The largest absolute Gasteiger partial charge is 0.365 e. The van der Waals surface area contributed by atoms with Crippen LogP contribution in [0.5, 0.6) is 0 Å². The van der Waals surface area contributed by atoms with Crippen molar-refractivity contribution in [2.24, 2.45) is 4.99 Å². The van der Waals surface area contributed by atoms with Gasteiger partial charge in [0, 0.05) is 16.8 Å². The minimum atomic E-state index is -1.29. The molecule has 0 fully saturated rings. The van der Waals surface area contributed by atoms with Gasteiger partial charge in [-0.2, -0.15) is 0 Å². The minimum Gasteiger partial charge on any atom is -0.365 e. The number of benzene rings is 1. The molecule has 16 heavy (non-hydrogen) atoms. The number of aliphatic hydroxyl groups is 1. The van der Waals surface area contributed by atoms with Crippen LogP contribution >= 0.6 is 0 Å². The molecule has 0 saturated heterocycles. The molecule has 1 atom stereocenters. The Morgan fingerprint density at radius 1 is 1.25 bits per heavy atom. The summed E-state index contributed by atoms with van der Waals surface area (Å²) in [7, 11) is 0. The summed E-state index contributed by atoms with van der Waals surface area (Å²) >= 11 is 0. The van der Waals surface area contributed by atoms with Crippen molar-refractivity contribution < 1.29 is 9.90 Å². The summed E-state index contributed by atoms with van der Waals surface area (Å²) in [5, 5.41) is 11.7. The monoisotopic (exact) mass is 212 g/mol. The first-order valence-corrected chi connectivity index (χ1v) is 4.91. The molecular formula is C12H8N2O2. The van der Waals surface area contributed by atoms with E-state index in [1.807, 2.05) is 24.3 Å². The molecule has 0 amide bonds. The van der Waals surface area contributed by atoms with Crippen molar-refractivity contribution >= 4 is 22.8 Å². The fourth-order valence-electron chi connectivity index (χ4n) is 1.81. The van der Waals surface area contributed by atoms with Crippen molar-refractivity contribution in [1.29, 1.82) is 0 Å². The second kappa shape index (κ2) is 3.21. The van der Waals surface area contributed by atoms with E-state index in [2.05, 4.69) is 9.98 Å². The molecule has 1 N–H and O–H groups in total. The molecule has 0 radical (unpaired) electrons. The predicted molar refractivity (Wildman–Crippen MR) is 58.0 cm³/mol. The fourth-order valence-corrected chi connectivity index (χ4v) is 1.81. The van der Waals surface area contributed by atoms with Crippen molar-refractivity contribution in [3.8, 4) is 0 Å². The van der Waals surface area contributed by atoms with Crippen molar-refractivity contribution in [3.05, 3.63) is 41.0 Å². The lowest BCUT2D eigenvalue weighted by atomic mass is 10.1. The van der Waals surface area contributed by atoms with Crippen LogP contribution in [0.3, 0.4) is 0 Å². The van der Waals surface area contributed by atoms with Crippen molar-refractivity contribution in [2.75, 3.05) is 0 Å². The summed E-state index contributed by atoms with van der Waals surface area (Å²) < 4.78 is 0. The maximum Gasteiger partial charge on any atom is 0.209 e. The zero-order chi connectivity index (χ0) is 11.1. The van der Waals surface area contributed by atoms with Crippen LogP contribution in [0, 0.1) is 0 Å². The van der Waals surface area contributed by atoms with E-state index in [1.165, 1.54) is 6.08 Å². The molecule has 1 unspecified atom stereocenters. The first-order chi connectivity index (χ1) is 7.75. The number of rotatable bonds is 0. The molecule has 78 valence electrons. The molecular weight excluding hydrogens is 204 g/mol. The third-order valence-corrected chi connectivity index (χ3v) is 2.58. The van der Waals surface area contributed by atoms with E-state index < -0.39 is 6.23 Å². The Morgan fingerprint density at radius 3 is 3.00 bits per heavy atom. The third-order valence-electron chi connectivity index (χ3n) is 2.58. The van der Waals surface area contributed by atoms with Crippen LogP contribution in [0.15, 0.2) is 35.5 Å². The second-order valence-corrected chi connectivity index (χ2v) is 3.63. The Kier molecular flexibility index (Phi) is 1.84. The fraction of sp³-hybridized carbons (Fsp3) is 0.0833. The smallest absolute Gasteiger partial charge is 0.209 e. The quantitative estimate of drug-likeness (QED) is 0.642. The normalized spacial score (nSPS) is 18.8. The lowest BCUT2D eigenvalue weighted by molar-refractivity contribution is -0.120. The molecule has 0 saturated carbocycles. The highest BCUT2D eigenvalue weighted by Gasteiger charge is 2.15. The van der Waals surface area contributed by atoms with Crippen molar-refractivity contribution in [3.63, 3.8) is 0 Å². The number of carbonyl (C=O) groups excluding carboxylic acids is 1. The van der Waals surface area contributed by atoms with Crippen molar-refractivity contribution in [1.82, 2.24) is 4.98 Å². The van der Waals surface area contributed by atoms with Crippen LogP contribution in [-0.2, 0) is 4.79 Å². The van der Waals surface area contributed by atoms with Gasteiger partial charge < -0.3 is 5.11 Å². The number of aromatic nitrogens is 1. The number of hydrogen-bond acceptors (Lipinski definition) is 4. The summed E-state index contributed by atoms with van der Waals surface area (Å²) in [4.78, 5) is 19.5. The van der Waals surface area contributed by atoms with Crippen LogP contribution in [0.1, 0.15) is 0 Å². The van der Waals surface area contributed by atoms with Gasteiger partial charge in [-0.05, 0) is 12.1 Å². The van der Waals surface area contributed by atoms with E-state index in [-0.39, 0.29) is 5.78 Å². The Bertz CT molecular complexity index is 707. The predicted octanol–water partition coefficient (Wildman–Crippen LogP) is -0.464. The highest BCUT2D eigenvalue weighted by molar-refractivity contribution is 6.09.